The fraction of sp³-hybridized carbons (Fsp3) is 0.333. The number of halogens is 3. The molecular formula is C12H11BrF2N2O2. The van der Waals surface area contributed by atoms with Crippen molar-refractivity contribution in [1.82, 2.24) is 10.6 Å². The van der Waals surface area contributed by atoms with Crippen molar-refractivity contribution in [2.45, 2.75) is 25.4 Å². The van der Waals surface area contributed by atoms with E-state index in [0.29, 0.717) is 6.42 Å². The lowest BCUT2D eigenvalue weighted by molar-refractivity contribution is -0.134. The zero-order valence-corrected chi connectivity index (χ0v) is 11.4. The van der Waals surface area contributed by atoms with Crippen LogP contribution in [0.5, 0.6) is 0 Å². The molecule has 4 nitrogen and oxygen atoms in total. The van der Waals surface area contributed by atoms with Crippen LogP contribution in [0.3, 0.4) is 0 Å². The number of imide groups is 1. The molecule has 19 heavy (non-hydrogen) atoms. The number of rotatable bonds is 3. The summed E-state index contributed by atoms with van der Waals surface area (Å²) in [5, 5.41) is 4.92. The van der Waals surface area contributed by atoms with Gasteiger partial charge in [-0.25, -0.2) is 8.78 Å². The van der Waals surface area contributed by atoms with E-state index >= 15 is 0 Å². The number of amides is 2. The summed E-state index contributed by atoms with van der Waals surface area (Å²) in [7, 11) is 0. The smallest absolute Gasteiger partial charge is 0.243 e. The second-order valence-electron chi connectivity index (χ2n) is 4.21. The maximum Gasteiger partial charge on any atom is 0.243 e. The molecule has 0 aliphatic carbocycles. The number of hydrogen-bond acceptors (Lipinski definition) is 3. The maximum absolute atomic E-state index is 13.7. The average molecular weight is 333 g/mol. The maximum atomic E-state index is 13.7. The summed E-state index contributed by atoms with van der Waals surface area (Å²) in [6, 6.07) is 1.81. The average Bonchev–Trinajstić information content (AvgIpc) is 2.36. The minimum Gasteiger partial charge on any atom is -0.302 e. The first-order valence-corrected chi connectivity index (χ1v) is 6.48. The lowest BCUT2D eigenvalue weighted by Crippen LogP contribution is -2.50. The second kappa shape index (κ2) is 5.75. The molecule has 0 aromatic heterocycles. The van der Waals surface area contributed by atoms with Crippen LogP contribution in [0.4, 0.5) is 8.78 Å². The van der Waals surface area contributed by atoms with Gasteiger partial charge in [0.1, 0.15) is 11.6 Å². The van der Waals surface area contributed by atoms with Crippen LogP contribution < -0.4 is 10.6 Å². The van der Waals surface area contributed by atoms with Gasteiger partial charge in [0.15, 0.2) is 0 Å². The highest BCUT2D eigenvalue weighted by atomic mass is 79.9. The molecule has 1 fully saturated rings. The number of benzene rings is 1. The van der Waals surface area contributed by atoms with E-state index in [1.807, 2.05) is 0 Å². The summed E-state index contributed by atoms with van der Waals surface area (Å²) in [5.41, 5.74) is -0.140. The van der Waals surface area contributed by atoms with E-state index in [2.05, 4.69) is 26.6 Å². The molecule has 102 valence electrons. The summed E-state index contributed by atoms with van der Waals surface area (Å²) >= 11 is 2.97. The first-order chi connectivity index (χ1) is 8.99. The predicted molar refractivity (Wildman–Crippen MR) is 67.1 cm³/mol. The zero-order valence-electron chi connectivity index (χ0n) is 9.80. The number of hydrogen-bond donors (Lipinski definition) is 2. The minimum absolute atomic E-state index is 0.122. The van der Waals surface area contributed by atoms with Gasteiger partial charge >= 0.3 is 0 Å². The molecule has 1 aromatic rings. The molecule has 1 heterocycles. The summed E-state index contributed by atoms with van der Waals surface area (Å²) < 4.78 is 27.3. The molecular weight excluding hydrogens is 322 g/mol. The third kappa shape index (κ3) is 3.16. The molecule has 1 unspecified atom stereocenters. The van der Waals surface area contributed by atoms with Gasteiger partial charge in [0, 0.05) is 18.5 Å². The summed E-state index contributed by atoms with van der Waals surface area (Å²) in [4.78, 5) is 22.4. The molecule has 1 aliphatic rings. The van der Waals surface area contributed by atoms with Crippen molar-refractivity contribution >= 4 is 27.7 Å². The van der Waals surface area contributed by atoms with Gasteiger partial charge in [-0.15, -0.1) is 0 Å². The van der Waals surface area contributed by atoms with Crippen LogP contribution in [0.2, 0.25) is 0 Å². The van der Waals surface area contributed by atoms with Crippen molar-refractivity contribution in [3.05, 3.63) is 33.8 Å². The highest BCUT2D eigenvalue weighted by molar-refractivity contribution is 9.10. The number of nitrogens with one attached hydrogen (secondary N) is 2. The van der Waals surface area contributed by atoms with Crippen molar-refractivity contribution in [1.29, 1.82) is 0 Å². The van der Waals surface area contributed by atoms with Gasteiger partial charge in [-0.05, 0) is 34.5 Å². The van der Waals surface area contributed by atoms with Gasteiger partial charge in [-0.3, -0.25) is 14.9 Å². The molecule has 1 atom stereocenters. The number of carbonyl (C=O) groups excluding carboxylic acids is 2. The Balaban J connectivity index is 2.05. The SMILES string of the molecule is O=C1CCC(NCc2c(F)ccc(Br)c2F)C(=O)N1. The molecule has 0 saturated carbocycles. The Hall–Kier alpha value is -1.34. The highest BCUT2D eigenvalue weighted by Gasteiger charge is 2.26. The van der Waals surface area contributed by atoms with E-state index in [4.69, 9.17) is 0 Å². The molecule has 1 aromatic carbocycles. The molecule has 0 radical (unpaired) electrons. The van der Waals surface area contributed by atoms with Crippen LogP contribution in [-0.2, 0) is 16.1 Å². The Morgan fingerprint density at radius 3 is 2.79 bits per heavy atom. The zero-order chi connectivity index (χ0) is 14.0. The Labute approximate surface area is 116 Å². The molecule has 0 bridgehead atoms. The lowest BCUT2D eigenvalue weighted by Gasteiger charge is -2.22. The largest absolute Gasteiger partial charge is 0.302 e. The van der Waals surface area contributed by atoms with Crippen molar-refractivity contribution in [2.24, 2.45) is 0 Å². The van der Waals surface area contributed by atoms with Crippen LogP contribution in [-0.4, -0.2) is 17.9 Å². The van der Waals surface area contributed by atoms with Gasteiger partial charge in [0.05, 0.1) is 10.5 Å². The van der Waals surface area contributed by atoms with E-state index in [1.165, 1.54) is 6.07 Å². The van der Waals surface area contributed by atoms with Crippen LogP contribution >= 0.6 is 15.9 Å². The van der Waals surface area contributed by atoms with E-state index in [-0.39, 0.29) is 28.9 Å². The van der Waals surface area contributed by atoms with Crippen molar-refractivity contribution in [3.8, 4) is 0 Å². The molecule has 2 rings (SSSR count). The number of piperidine rings is 1. The second-order valence-corrected chi connectivity index (χ2v) is 5.06. The van der Waals surface area contributed by atoms with E-state index in [0.717, 1.165) is 6.07 Å². The quantitative estimate of drug-likeness (QED) is 0.653. The fourth-order valence-corrected chi connectivity index (χ4v) is 2.22. The fourth-order valence-electron chi connectivity index (χ4n) is 1.84. The lowest BCUT2D eigenvalue weighted by atomic mass is 10.1. The molecule has 2 amide bonds. The van der Waals surface area contributed by atoms with Gasteiger partial charge in [0.25, 0.3) is 0 Å². The topological polar surface area (TPSA) is 58.2 Å². The van der Waals surface area contributed by atoms with Crippen molar-refractivity contribution in [2.75, 3.05) is 0 Å². The molecule has 0 spiro atoms. The summed E-state index contributed by atoms with van der Waals surface area (Å²) in [5.74, 6) is -2.17. The van der Waals surface area contributed by atoms with Crippen LogP contribution in [0.25, 0.3) is 0 Å². The first kappa shape index (κ1) is 14.1. The standard InChI is InChI=1S/C12H11BrF2N2O2/c13-7-1-2-8(14)6(11(7)15)5-16-9-3-4-10(18)17-12(9)19/h1-2,9,16H,3-5H2,(H,17,18,19). The molecule has 1 saturated heterocycles. The van der Waals surface area contributed by atoms with E-state index in [1.54, 1.807) is 0 Å². The van der Waals surface area contributed by atoms with E-state index < -0.39 is 23.6 Å². The highest BCUT2D eigenvalue weighted by Crippen LogP contribution is 2.21. The number of carbonyl (C=O) groups is 2. The summed E-state index contributed by atoms with van der Waals surface area (Å²) in [6.07, 6.45) is 0.536. The van der Waals surface area contributed by atoms with Gasteiger partial charge in [-0.2, -0.15) is 0 Å². The third-order valence-corrected chi connectivity index (χ3v) is 3.52. The predicted octanol–water partition coefficient (Wildman–Crippen LogP) is 1.62. The molecule has 7 heteroatoms. The van der Waals surface area contributed by atoms with Gasteiger partial charge in [-0.1, -0.05) is 0 Å². The Morgan fingerprint density at radius 2 is 2.11 bits per heavy atom. The van der Waals surface area contributed by atoms with Crippen LogP contribution in [0, 0.1) is 11.6 Å². The van der Waals surface area contributed by atoms with Crippen molar-refractivity contribution < 1.29 is 18.4 Å². The third-order valence-electron chi connectivity index (χ3n) is 2.90. The normalized spacial score (nSPS) is 19.4. The first-order valence-electron chi connectivity index (χ1n) is 5.68. The monoisotopic (exact) mass is 332 g/mol. The minimum atomic E-state index is -0.695. The Kier molecular flexibility index (Phi) is 4.26. The van der Waals surface area contributed by atoms with Crippen LogP contribution in [0.15, 0.2) is 16.6 Å². The van der Waals surface area contributed by atoms with Crippen molar-refractivity contribution in [3.63, 3.8) is 0 Å². The van der Waals surface area contributed by atoms with Gasteiger partial charge in [0.2, 0.25) is 11.8 Å². The van der Waals surface area contributed by atoms with Crippen LogP contribution in [0.1, 0.15) is 18.4 Å². The molecule has 2 N–H and O–H groups in total. The molecule has 1 aliphatic heterocycles. The summed E-state index contributed by atoms with van der Waals surface area (Å²) in [6.45, 7) is -0.122. The Morgan fingerprint density at radius 1 is 1.37 bits per heavy atom. The van der Waals surface area contributed by atoms with Gasteiger partial charge < -0.3 is 5.32 Å². The Bertz CT molecular complexity index is 537. The van der Waals surface area contributed by atoms with E-state index in [9.17, 15) is 18.4 Å².